The fourth-order valence-corrected chi connectivity index (χ4v) is 2.19. The summed E-state index contributed by atoms with van der Waals surface area (Å²) in [6.45, 7) is 0.0698. The summed E-state index contributed by atoms with van der Waals surface area (Å²) in [5.74, 6) is -1.17. The molecule has 2 heterocycles. The number of aromatic nitrogens is 1. The van der Waals surface area contributed by atoms with E-state index in [9.17, 15) is 22.4 Å². The van der Waals surface area contributed by atoms with Gasteiger partial charge in [-0.1, -0.05) is 0 Å². The van der Waals surface area contributed by atoms with E-state index in [0.717, 1.165) is 4.90 Å². The number of fused-ring (bicyclic) bond motifs is 1. The molecule has 0 spiro atoms. The van der Waals surface area contributed by atoms with Crippen LogP contribution < -0.4 is 4.74 Å². The third kappa shape index (κ3) is 2.93. The summed E-state index contributed by atoms with van der Waals surface area (Å²) in [7, 11) is 0. The summed E-state index contributed by atoms with van der Waals surface area (Å²) in [6.07, 6.45) is -4.45. The molecule has 0 radical (unpaired) electrons. The lowest BCUT2D eigenvalue weighted by atomic mass is 9.89. The molecular formula is C14H13F4N3O2. The van der Waals surface area contributed by atoms with E-state index in [1.807, 2.05) is 6.07 Å². The minimum absolute atomic E-state index is 0.0972. The summed E-state index contributed by atoms with van der Waals surface area (Å²) in [4.78, 5) is 16.9. The zero-order chi connectivity index (χ0) is 17.2. The Balaban J connectivity index is 2.35. The smallest absolute Gasteiger partial charge is 0.258 e. The summed E-state index contributed by atoms with van der Waals surface area (Å²) in [5.41, 5.74) is -2.66. The predicted molar refractivity (Wildman–Crippen MR) is 70.0 cm³/mol. The highest BCUT2D eigenvalue weighted by molar-refractivity contribution is 5.83. The molecule has 1 aromatic heterocycles. The Morgan fingerprint density at radius 2 is 2.04 bits per heavy atom. The second-order valence-electron chi connectivity index (χ2n) is 5.25. The van der Waals surface area contributed by atoms with Gasteiger partial charge in [-0.2, -0.15) is 5.26 Å². The number of halogens is 4. The van der Waals surface area contributed by atoms with Crippen LogP contribution in [0.2, 0.25) is 0 Å². The average Bonchev–Trinajstić information content (AvgIpc) is 2.74. The van der Waals surface area contributed by atoms with Crippen LogP contribution in [0.15, 0.2) is 12.4 Å². The van der Waals surface area contributed by atoms with Crippen molar-refractivity contribution in [3.05, 3.63) is 23.5 Å². The van der Waals surface area contributed by atoms with E-state index >= 15 is 0 Å². The molecule has 0 saturated carbocycles. The molecule has 1 aliphatic rings. The van der Waals surface area contributed by atoms with Gasteiger partial charge in [-0.05, 0) is 6.92 Å². The number of amides is 1. The van der Waals surface area contributed by atoms with Crippen LogP contribution in [0, 0.1) is 16.7 Å². The highest BCUT2D eigenvalue weighted by Crippen LogP contribution is 2.36. The van der Waals surface area contributed by atoms with Gasteiger partial charge in [0.1, 0.15) is 24.0 Å². The lowest BCUT2D eigenvalue weighted by molar-refractivity contribution is -0.168. The van der Waals surface area contributed by atoms with Gasteiger partial charge < -0.3 is 9.64 Å². The summed E-state index contributed by atoms with van der Waals surface area (Å²) >= 11 is 0. The van der Waals surface area contributed by atoms with Crippen molar-refractivity contribution in [2.75, 3.05) is 13.2 Å². The first kappa shape index (κ1) is 17.0. The number of hydrogen-bond acceptors (Lipinski definition) is 4. The highest BCUT2D eigenvalue weighted by Gasteiger charge is 2.53. The number of pyridine rings is 1. The zero-order valence-corrected chi connectivity index (χ0v) is 12.1. The van der Waals surface area contributed by atoms with Gasteiger partial charge in [0.15, 0.2) is 5.41 Å². The van der Waals surface area contributed by atoms with Crippen LogP contribution in [0.5, 0.6) is 5.75 Å². The second kappa shape index (κ2) is 6.40. The van der Waals surface area contributed by atoms with Crippen molar-refractivity contribution in [2.45, 2.75) is 26.3 Å². The lowest BCUT2D eigenvalue weighted by Gasteiger charge is -2.32. The molecule has 0 N–H and O–H groups in total. The number of nitriles is 1. The largest absolute Gasteiger partial charge is 0.490 e. The van der Waals surface area contributed by atoms with Gasteiger partial charge >= 0.3 is 0 Å². The van der Waals surface area contributed by atoms with Crippen molar-refractivity contribution < 1.29 is 27.1 Å². The second-order valence-corrected chi connectivity index (χ2v) is 5.25. The van der Waals surface area contributed by atoms with Crippen molar-refractivity contribution in [1.29, 1.82) is 5.26 Å². The maximum absolute atomic E-state index is 13.0. The Morgan fingerprint density at radius 1 is 1.39 bits per heavy atom. The highest BCUT2D eigenvalue weighted by atomic mass is 19.3. The number of carbonyl (C=O) groups is 1. The molecule has 0 aliphatic carbocycles. The molecule has 0 unspecified atom stereocenters. The van der Waals surface area contributed by atoms with Crippen molar-refractivity contribution in [3.8, 4) is 11.8 Å². The number of carbonyl (C=O) groups excluding carboxylic acids is 1. The molecule has 23 heavy (non-hydrogen) atoms. The van der Waals surface area contributed by atoms with Crippen LogP contribution in [0.1, 0.15) is 18.1 Å². The molecule has 1 aromatic rings. The maximum atomic E-state index is 13.0. The van der Waals surface area contributed by atoms with E-state index in [2.05, 4.69) is 4.98 Å². The van der Waals surface area contributed by atoms with Crippen molar-refractivity contribution >= 4 is 5.91 Å². The molecular weight excluding hydrogens is 318 g/mol. The normalized spacial score (nSPS) is 15.0. The summed E-state index contributed by atoms with van der Waals surface area (Å²) < 4.78 is 57.5. The van der Waals surface area contributed by atoms with Crippen LogP contribution in [-0.2, 0) is 11.3 Å². The Labute approximate surface area is 129 Å². The van der Waals surface area contributed by atoms with Crippen molar-refractivity contribution in [2.24, 2.45) is 5.41 Å². The molecule has 5 nitrogen and oxygen atoms in total. The van der Waals surface area contributed by atoms with E-state index in [1.165, 1.54) is 12.4 Å². The Bertz CT molecular complexity index is 637. The van der Waals surface area contributed by atoms with Gasteiger partial charge in [0.05, 0.1) is 13.1 Å². The molecule has 0 aromatic carbocycles. The number of rotatable bonds is 3. The zero-order valence-electron chi connectivity index (χ0n) is 12.1. The number of alkyl halides is 4. The minimum atomic E-state index is -3.51. The van der Waals surface area contributed by atoms with Crippen LogP contribution in [-0.4, -0.2) is 41.8 Å². The Kier molecular flexibility index (Phi) is 4.73. The van der Waals surface area contributed by atoms with E-state index < -0.39 is 24.2 Å². The summed E-state index contributed by atoms with van der Waals surface area (Å²) in [5, 5.41) is 8.99. The third-order valence-corrected chi connectivity index (χ3v) is 3.71. The van der Waals surface area contributed by atoms with Crippen molar-refractivity contribution in [1.82, 2.24) is 9.88 Å². The first-order valence-corrected chi connectivity index (χ1v) is 6.67. The molecule has 2 rings (SSSR count). The quantitative estimate of drug-likeness (QED) is 0.797. The Morgan fingerprint density at radius 3 is 2.61 bits per heavy atom. The number of ether oxygens (including phenoxy) is 1. The summed E-state index contributed by atoms with van der Waals surface area (Å²) in [6, 6.07) is 1.86. The van der Waals surface area contributed by atoms with E-state index in [4.69, 9.17) is 10.00 Å². The number of nitrogens with zero attached hydrogens (tertiary/aromatic N) is 3. The lowest BCUT2D eigenvalue weighted by Crippen LogP contribution is -2.50. The first-order valence-electron chi connectivity index (χ1n) is 6.67. The first-order chi connectivity index (χ1) is 10.8. The fourth-order valence-electron chi connectivity index (χ4n) is 2.19. The van der Waals surface area contributed by atoms with E-state index in [0.29, 0.717) is 12.5 Å². The number of hydrogen-bond donors (Lipinski definition) is 0. The van der Waals surface area contributed by atoms with E-state index in [1.54, 1.807) is 0 Å². The minimum Gasteiger partial charge on any atom is -0.490 e. The molecule has 0 saturated heterocycles. The molecule has 0 bridgehead atoms. The molecule has 0 fully saturated rings. The van der Waals surface area contributed by atoms with E-state index in [-0.39, 0.29) is 31.0 Å². The monoisotopic (exact) mass is 331 g/mol. The molecule has 0 atom stereocenters. The fraction of sp³-hybridized carbons (Fsp3) is 0.500. The van der Waals surface area contributed by atoms with Crippen LogP contribution in [0.4, 0.5) is 17.6 Å². The van der Waals surface area contributed by atoms with Gasteiger partial charge in [-0.3, -0.25) is 9.78 Å². The molecule has 1 aliphatic heterocycles. The molecule has 1 amide bonds. The Hall–Kier alpha value is -2.37. The average molecular weight is 331 g/mol. The predicted octanol–water partition coefficient (Wildman–Crippen LogP) is 2.21. The van der Waals surface area contributed by atoms with Gasteiger partial charge in [-0.25, -0.2) is 17.6 Å². The van der Waals surface area contributed by atoms with Crippen molar-refractivity contribution in [3.63, 3.8) is 0 Å². The third-order valence-electron chi connectivity index (χ3n) is 3.71. The van der Waals surface area contributed by atoms with Gasteiger partial charge in [0.2, 0.25) is 5.91 Å². The van der Waals surface area contributed by atoms with Gasteiger partial charge in [0.25, 0.3) is 12.9 Å². The van der Waals surface area contributed by atoms with Crippen LogP contribution >= 0.6 is 0 Å². The molecule has 124 valence electrons. The van der Waals surface area contributed by atoms with Crippen LogP contribution in [0.25, 0.3) is 0 Å². The van der Waals surface area contributed by atoms with Gasteiger partial charge in [0, 0.05) is 18.0 Å². The standard InChI is InChI=1S/C14H13F4N3O2/c1-14(11(15)16,12(17)18)13(22)21-2-3-23-10-8(4-19)5-20-6-9(10)7-21/h5-6,11-12H,2-3,7H2,1H3. The van der Waals surface area contributed by atoms with Gasteiger partial charge in [-0.15, -0.1) is 0 Å². The topological polar surface area (TPSA) is 66.2 Å². The van der Waals surface area contributed by atoms with Crippen LogP contribution in [0.3, 0.4) is 0 Å². The maximum Gasteiger partial charge on any atom is 0.258 e. The molecule has 9 heteroatoms. The SMILES string of the molecule is CC(C(=O)N1CCOc2c(C#N)cncc2C1)(C(F)F)C(F)F.